The van der Waals surface area contributed by atoms with Crippen molar-refractivity contribution in [3.63, 3.8) is 0 Å². The van der Waals surface area contributed by atoms with Crippen molar-refractivity contribution in [1.82, 2.24) is 14.8 Å². The van der Waals surface area contributed by atoms with E-state index >= 15 is 0 Å². The second kappa shape index (κ2) is 7.40. The number of thioether (sulfide) groups is 1. The van der Waals surface area contributed by atoms with Gasteiger partial charge in [0.05, 0.1) is 17.3 Å². The normalized spacial score (nSPS) is 18.8. The molecule has 7 nitrogen and oxygen atoms in total. The first kappa shape index (κ1) is 18.9. The lowest BCUT2D eigenvalue weighted by atomic mass is 10.1. The highest BCUT2D eigenvalue weighted by Gasteiger charge is 2.32. The third-order valence-corrected chi connectivity index (χ3v) is 7.33. The van der Waals surface area contributed by atoms with E-state index < -0.39 is 9.84 Å². The Bertz CT molecular complexity index is 917. The number of amides is 1. The molecule has 26 heavy (non-hydrogen) atoms. The van der Waals surface area contributed by atoms with Crippen LogP contribution in [0.1, 0.15) is 29.3 Å². The first-order valence-corrected chi connectivity index (χ1v) is 11.2. The number of sulfone groups is 1. The summed E-state index contributed by atoms with van der Waals surface area (Å²) in [7, 11) is -1.16. The second-order valence-corrected chi connectivity index (χ2v) is 9.77. The molecule has 1 fully saturated rings. The molecule has 140 valence electrons. The average molecular weight is 395 g/mol. The van der Waals surface area contributed by atoms with E-state index in [1.165, 1.54) is 11.8 Å². The van der Waals surface area contributed by atoms with Crippen LogP contribution in [-0.2, 0) is 21.7 Å². The molecule has 3 rings (SSSR count). The highest BCUT2D eigenvalue weighted by atomic mass is 32.2. The maximum absolute atomic E-state index is 12.3. The van der Waals surface area contributed by atoms with Gasteiger partial charge in [-0.15, -0.1) is 10.2 Å². The Labute approximate surface area is 157 Å². The van der Waals surface area contributed by atoms with Gasteiger partial charge < -0.3 is 9.88 Å². The second-order valence-electron chi connectivity index (χ2n) is 6.60. The Morgan fingerprint density at radius 1 is 1.31 bits per heavy atom. The molecule has 0 radical (unpaired) electrons. The SMILES string of the molecule is Cc1cccc(C)c1NC(=O)CSc1nnc([C@@H]2CCS(=O)(=O)C2)n1C. The van der Waals surface area contributed by atoms with Crippen LogP contribution in [0.15, 0.2) is 23.4 Å². The standard InChI is InChI=1S/C17H22N4O3S2/c1-11-5-4-6-12(2)15(11)18-14(22)9-25-17-20-19-16(21(17)3)13-7-8-26(23,24)10-13/h4-6,13H,7-10H2,1-3H3,(H,18,22)/t13-/m1/s1. The van der Waals surface area contributed by atoms with Gasteiger partial charge in [0.25, 0.3) is 0 Å². The topological polar surface area (TPSA) is 94.0 Å². The van der Waals surface area contributed by atoms with Crippen LogP contribution in [0, 0.1) is 13.8 Å². The fourth-order valence-corrected chi connectivity index (χ4v) is 5.58. The number of nitrogens with zero attached hydrogens (tertiary/aromatic N) is 3. The Balaban J connectivity index is 1.63. The van der Waals surface area contributed by atoms with Crippen molar-refractivity contribution in [2.24, 2.45) is 7.05 Å². The van der Waals surface area contributed by atoms with Crippen LogP contribution in [0.3, 0.4) is 0 Å². The molecular formula is C17H22N4O3S2. The van der Waals surface area contributed by atoms with Crippen LogP contribution >= 0.6 is 11.8 Å². The van der Waals surface area contributed by atoms with E-state index in [2.05, 4.69) is 15.5 Å². The number of hydrogen-bond donors (Lipinski definition) is 1. The van der Waals surface area contributed by atoms with Gasteiger partial charge >= 0.3 is 0 Å². The van der Waals surface area contributed by atoms with E-state index in [1.807, 2.05) is 39.1 Å². The van der Waals surface area contributed by atoms with Crippen LogP contribution < -0.4 is 5.32 Å². The van der Waals surface area contributed by atoms with E-state index in [0.717, 1.165) is 16.8 Å². The van der Waals surface area contributed by atoms with Crippen LogP contribution in [0.5, 0.6) is 0 Å². The first-order valence-electron chi connectivity index (χ1n) is 8.35. The van der Waals surface area contributed by atoms with Crippen molar-refractivity contribution >= 4 is 33.2 Å². The fraction of sp³-hybridized carbons (Fsp3) is 0.471. The number of hydrogen-bond acceptors (Lipinski definition) is 6. The summed E-state index contributed by atoms with van der Waals surface area (Å²) in [6.45, 7) is 3.92. The molecule has 2 aromatic rings. The van der Waals surface area contributed by atoms with Gasteiger partial charge in [-0.1, -0.05) is 30.0 Å². The number of carbonyl (C=O) groups excluding carboxylic acids is 1. The molecule has 1 amide bonds. The number of para-hydroxylation sites is 1. The molecule has 1 atom stereocenters. The minimum Gasteiger partial charge on any atom is -0.325 e. The number of nitrogens with one attached hydrogen (secondary N) is 1. The third kappa shape index (κ3) is 4.09. The highest BCUT2D eigenvalue weighted by molar-refractivity contribution is 7.99. The number of benzene rings is 1. The Morgan fingerprint density at radius 2 is 2.00 bits per heavy atom. The lowest BCUT2D eigenvalue weighted by Gasteiger charge is -2.11. The molecule has 0 unspecified atom stereocenters. The van der Waals surface area contributed by atoms with E-state index in [-0.39, 0.29) is 29.1 Å². The minimum absolute atomic E-state index is 0.111. The smallest absolute Gasteiger partial charge is 0.234 e. The van der Waals surface area contributed by atoms with Gasteiger partial charge in [0.2, 0.25) is 5.91 Å². The van der Waals surface area contributed by atoms with Crippen LogP contribution in [0.2, 0.25) is 0 Å². The molecule has 2 heterocycles. The zero-order valence-electron chi connectivity index (χ0n) is 15.0. The van der Waals surface area contributed by atoms with Crippen molar-refractivity contribution in [2.45, 2.75) is 31.3 Å². The summed E-state index contributed by atoms with van der Waals surface area (Å²) in [5.74, 6) is 0.976. The van der Waals surface area contributed by atoms with Crippen molar-refractivity contribution in [3.05, 3.63) is 35.2 Å². The molecule has 0 bridgehead atoms. The van der Waals surface area contributed by atoms with Crippen LogP contribution in [-0.4, -0.2) is 46.3 Å². The number of carbonyl (C=O) groups is 1. The highest BCUT2D eigenvalue weighted by Crippen LogP contribution is 2.29. The number of aromatic nitrogens is 3. The third-order valence-electron chi connectivity index (χ3n) is 4.54. The molecule has 1 aromatic carbocycles. The molecule has 1 aliphatic heterocycles. The van der Waals surface area contributed by atoms with E-state index in [1.54, 1.807) is 4.57 Å². The largest absolute Gasteiger partial charge is 0.325 e. The van der Waals surface area contributed by atoms with Crippen molar-refractivity contribution in [2.75, 3.05) is 22.6 Å². The van der Waals surface area contributed by atoms with Gasteiger partial charge in [-0.25, -0.2) is 8.42 Å². The number of aryl methyl sites for hydroxylation is 2. The maximum Gasteiger partial charge on any atom is 0.234 e. The Morgan fingerprint density at radius 3 is 2.62 bits per heavy atom. The lowest BCUT2D eigenvalue weighted by molar-refractivity contribution is -0.113. The molecule has 1 aromatic heterocycles. The van der Waals surface area contributed by atoms with Gasteiger partial charge in [-0.05, 0) is 31.4 Å². The minimum atomic E-state index is -2.97. The van der Waals surface area contributed by atoms with E-state index in [4.69, 9.17) is 0 Å². The molecule has 0 aliphatic carbocycles. The zero-order chi connectivity index (χ0) is 18.9. The molecular weight excluding hydrogens is 372 g/mol. The van der Waals surface area contributed by atoms with Crippen molar-refractivity contribution in [3.8, 4) is 0 Å². The Hall–Kier alpha value is -1.87. The van der Waals surface area contributed by atoms with Gasteiger partial charge in [0.1, 0.15) is 5.82 Å². The number of anilines is 1. The summed E-state index contributed by atoms with van der Waals surface area (Å²) >= 11 is 1.29. The number of rotatable bonds is 5. The Kier molecular flexibility index (Phi) is 5.38. The first-order chi connectivity index (χ1) is 12.3. The average Bonchev–Trinajstić information content (AvgIpc) is 3.11. The molecule has 0 saturated carbocycles. The molecule has 1 saturated heterocycles. The molecule has 9 heteroatoms. The lowest BCUT2D eigenvalue weighted by Crippen LogP contribution is -2.16. The van der Waals surface area contributed by atoms with E-state index in [0.29, 0.717) is 17.4 Å². The van der Waals surface area contributed by atoms with Crippen LogP contribution in [0.25, 0.3) is 0 Å². The summed E-state index contributed by atoms with van der Waals surface area (Å²) in [5.41, 5.74) is 2.88. The van der Waals surface area contributed by atoms with Gasteiger partial charge in [-0.3, -0.25) is 4.79 Å². The van der Waals surface area contributed by atoms with Gasteiger partial charge in [-0.2, -0.15) is 0 Å². The summed E-state index contributed by atoms with van der Waals surface area (Å²) in [4.78, 5) is 12.3. The van der Waals surface area contributed by atoms with E-state index in [9.17, 15) is 13.2 Å². The summed E-state index contributed by atoms with van der Waals surface area (Å²) in [6, 6.07) is 5.88. The maximum atomic E-state index is 12.3. The van der Waals surface area contributed by atoms with Gasteiger partial charge in [0, 0.05) is 18.7 Å². The quantitative estimate of drug-likeness (QED) is 0.780. The summed E-state index contributed by atoms with van der Waals surface area (Å²) in [6.07, 6.45) is 0.575. The monoisotopic (exact) mass is 394 g/mol. The summed E-state index contributed by atoms with van der Waals surface area (Å²) < 4.78 is 25.1. The molecule has 1 N–H and O–H groups in total. The molecule has 0 spiro atoms. The van der Waals surface area contributed by atoms with Crippen LogP contribution in [0.4, 0.5) is 5.69 Å². The predicted molar refractivity (Wildman–Crippen MR) is 102 cm³/mol. The fourth-order valence-electron chi connectivity index (χ4n) is 3.12. The summed E-state index contributed by atoms with van der Waals surface area (Å²) in [5, 5.41) is 11.8. The van der Waals surface area contributed by atoms with Crippen molar-refractivity contribution < 1.29 is 13.2 Å². The molecule has 1 aliphatic rings. The predicted octanol–water partition coefficient (Wildman–Crippen LogP) is 2.06. The van der Waals surface area contributed by atoms with Gasteiger partial charge in [0.15, 0.2) is 15.0 Å². The zero-order valence-corrected chi connectivity index (χ0v) is 16.7. The van der Waals surface area contributed by atoms with Crippen molar-refractivity contribution in [1.29, 1.82) is 0 Å².